The van der Waals surface area contributed by atoms with Crippen molar-refractivity contribution in [3.05, 3.63) is 0 Å². The van der Waals surface area contributed by atoms with Crippen LogP contribution in [0.25, 0.3) is 0 Å². The number of primary amides is 1. The Labute approximate surface area is 161 Å². The SMILES string of the molecule is CC(=O)N[C@@H](CS)C(=O)NC1CCN(CC(=O)N[C@@H](CS)C(N)=O)C1=O. The molecule has 0 saturated carbocycles. The van der Waals surface area contributed by atoms with Crippen molar-refractivity contribution in [2.45, 2.75) is 31.5 Å². The monoisotopic (exact) mass is 405 g/mol. The smallest absolute Gasteiger partial charge is 0.245 e. The number of amides is 5. The number of nitrogens with two attached hydrogens (primary N) is 1. The molecule has 1 saturated heterocycles. The first-order valence-electron chi connectivity index (χ1n) is 7.86. The minimum absolute atomic E-state index is 0.0436. The van der Waals surface area contributed by atoms with Gasteiger partial charge in [-0.2, -0.15) is 25.3 Å². The molecule has 0 aliphatic carbocycles. The fraction of sp³-hybridized carbons (Fsp3) is 0.643. The van der Waals surface area contributed by atoms with Crippen molar-refractivity contribution >= 4 is 54.8 Å². The van der Waals surface area contributed by atoms with Crippen LogP contribution in [0.15, 0.2) is 0 Å². The number of hydrogen-bond acceptors (Lipinski definition) is 7. The third-order valence-corrected chi connectivity index (χ3v) is 4.42. The normalized spacial score (nSPS) is 18.8. The van der Waals surface area contributed by atoms with E-state index < -0.39 is 41.8 Å². The van der Waals surface area contributed by atoms with Crippen LogP contribution in [-0.2, 0) is 24.0 Å². The molecule has 3 atom stereocenters. The van der Waals surface area contributed by atoms with Gasteiger partial charge in [0.25, 0.3) is 0 Å². The predicted octanol–water partition coefficient (Wildman–Crippen LogP) is -2.96. The molecule has 10 nitrogen and oxygen atoms in total. The molecule has 1 heterocycles. The standard InChI is InChI=1S/C14H23N5O5S2/c1-7(20)16-10(6-26)13(23)18-8-2-3-19(14(8)24)4-11(21)17-9(5-25)12(15)22/h8-10,25-26H,2-6H2,1H3,(H2,15,22)(H,16,20)(H,17,21)(H,18,23)/t8?,9-,10-/m0/s1. The Morgan fingerprint density at radius 3 is 2.31 bits per heavy atom. The summed E-state index contributed by atoms with van der Waals surface area (Å²) in [5.41, 5.74) is 5.12. The van der Waals surface area contributed by atoms with Crippen LogP contribution in [0.2, 0.25) is 0 Å². The molecule has 1 aliphatic heterocycles. The van der Waals surface area contributed by atoms with Crippen molar-refractivity contribution < 1.29 is 24.0 Å². The van der Waals surface area contributed by atoms with E-state index in [2.05, 4.69) is 41.2 Å². The zero-order valence-corrected chi connectivity index (χ0v) is 16.0. The summed E-state index contributed by atoms with van der Waals surface area (Å²) >= 11 is 7.92. The highest BCUT2D eigenvalue weighted by Gasteiger charge is 2.35. The molecule has 146 valence electrons. The van der Waals surface area contributed by atoms with E-state index in [1.807, 2.05) is 0 Å². The summed E-state index contributed by atoms with van der Waals surface area (Å²) in [6.45, 7) is 1.28. The van der Waals surface area contributed by atoms with Gasteiger partial charge >= 0.3 is 0 Å². The lowest BCUT2D eigenvalue weighted by molar-refractivity contribution is -0.136. The molecule has 12 heteroatoms. The van der Waals surface area contributed by atoms with E-state index in [0.717, 1.165) is 0 Å². The molecular formula is C14H23N5O5S2. The Kier molecular flexibility index (Phi) is 8.72. The quantitative estimate of drug-likeness (QED) is 0.227. The number of rotatable bonds is 9. The summed E-state index contributed by atoms with van der Waals surface area (Å²) in [7, 11) is 0. The van der Waals surface area contributed by atoms with Gasteiger partial charge in [0, 0.05) is 25.0 Å². The van der Waals surface area contributed by atoms with E-state index in [1.54, 1.807) is 0 Å². The first-order valence-corrected chi connectivity index (χ1v) is 9.12. The lowest BCUT2D eigenvalue weighted by Gasteiger charge is -2.20. The van der Waals surface area contributed by atoms with Crippen LogP contribution in [0.5, 0.6) is 0 Å². The Balaban J connectivity index is 2.56. The lowest BCUT2D eigenvalue weighted by atomic mass is 10.2. The molecule has 5 amide bonds. The van der Waals surface area contributed by atoms with Crippen LogP contribution < -0.4 is 21.7 Å². The highest BCUT2D eigenvalue weighted by atomic mass is 32.1. The first kappa shape index (κ1) is 22.1. The van der Waals surface area contributed by atoms with Crippen LogP contribution in [0.4, 0.5) is 0 Å². The number of hydrogen-bond donors (Lipinski definition) is 6. The maximum atomic E-state index is 12.3. The zero-order chi connectivity index (χ0) is 19.9. The number of nitrogens with one attached hydrogen (secondary N) is 3. The van der Waals surface area contributed by atoms with Crippen LogP contribution >= 0.6 is 25.3 Å². The molecular weight excluding hydrogens is 382 g/mol. The van der Waals surface area contributed by atoms with E-state index in [-0.39, 0.29) is 30.5 Å². The Morgan fingerprint density at radius 2 is 1.81 bits per heavy atom. The minimum atomic E-state index is -0.923. The average molecular weight is 406 g/mol. The molecule has 1 rings (SSSR count). The number of carbonyl (C=O) groups excluding carboxylic acids is 5. The molecule has 5 N–H and O–H groups in total. The van der Waals surface area contributed by atoms with Crippen molar-refractivity contribution in [3.8, 4) is 0 Å². The van der Waals surface area contributed by atoms with E-state index in [4.69, 9.17) is 5.73 Å². The molecule has 0 aromatic heterocycles. The molecule has 1 fully saturated rings. The van der Waals surface area contributed by atoms with Crippen molar-refractivity contribution in [1.82, 2.24) is 20.9 Å². The second kappa shape index (κ2) is 10.3. The van der Waals surface area contributed by atoms with Gasteiger partial charge in [-0.05, 0) is 6.42 Å². The van der Waals surface area contributed by atoms with Crippen molar-refractivity contribution in [3.63, 3.8) is 0 Å². The first-order chi connectivity index (χ1) is 12.2. The third-order valence-electron chi connectivity index (χ3n) is 3.69. The average Bonchev–Trinajstić information content (AvgIpc) is 2.90. The Bertz CT molecular complexity index is 588. The highest BCUT2D eigenvalue weighted by Crippen LogP contribution is 2.11. The number of thiol groups is 2. The second-order valence-electron chi connectivity index (χ2n) is 5.75. The largest absolute Gasteiger partial charge is 0.368 e. The van der Waals surface area contributed by atoms with E-state index in [0.29, 0.717) is 6.42 Å². The summed E-state index contributed by atoms with van der Waals surface area (Å²) in [4.78, 5) is 59.8. The summed E-state index contributed by atoms with van der Waals surface area (Å²) in [5, 5.41) is 7.37. The van der Waals surface area contributed by atoms with Crippen LogP contribution in [0, 0.1) is 0 Å². The van der Waals surface area contributed by atoms with Gasteiger partial charge in [0.1, 0.15) is 18.1 Å². The van der Waals surface area contributed by atoms with Gasteiger partial charge in [-0.25, -0.2) is 0 Å². The topological polar surface area (TPSA) is 151 Å². The maximum Gasteiger partial charge on any atom is 0.245 e. The van der Waals surface area contributed by atoms with Crippen LogP contribution in [-0.4, -0.2) is 77.2 Å². The molecule has 26 heavy (non-hydrogen) atoms. The second-order valence-corrected chi connectivity index (χ2v) is 6.48. The van der Waals surface area contributed by atoms with Gasteiger partial charge in [-0.3, -0.25) is 24.0 Å². The van der Waals surface area contributed by atoms with Crippen molar-refractivity contribution in [2.75, 3.05) is 24.6 Å². The highest BCUT2D eigenvalue weighted by molar-refractivity contribution is 7.80. The molecule has 0 aromatic carbocycles. The van der Waals surface area contributed by atoms with Gasteiger partial charge in [-0.15, -0.1) is 0 Å². The summed E-state index contributed by atoms with van der Waals surface area (Å²) in [6, 6.07) is -2.57. The van der Waals surface area contributed by atoms with E-state index in [9.17, 15) is 24.0 Å². The van der Waals surface area contributed by atoms with Gasteiger partial charge in [0.05, 0.1) is 6.54 Å². The molecule has 0 aromatic rings. The lowest BCUT2D eigenvalue weighted by Crippen LogP contribution is -2.53. The Morgan fingerprint density at radius 1 is 1.19 bits per heavy atom. The Hall–Kier alpha value is -1.95. The minimum Gasteiger partial charge on any atom is -0.368 e. The van der Waals surface area contributed by atoms with Gasteiger partial charge in [0.2, 0.25) is 29.5 Å². The summed E-state index contributed by atoms with van der Waals surface area (Å²) in [5.74, 6) is -2.47. The fourth-order valence-corrected chi connectivity index (χ4v) is 2.89. The molecule has 1 aliphatic rings. The number of likely N-dealkylation sites (tertiary alicyclic amines) is 1. The van der Waals surface area contributed by atoms with Crippen LogP contribution in [0.1, 0.15) is 13.3 Å². The molecule has 0 bridgehead atoms. The summed E-state index contributed by atoms with van der Waals surface area (Å²) in [6.07, 6.45) is 0.322. The molecule has 0 radical (unpaired) electrons. The van der Waals surface area contributed by atoms with Gasteiger partial charge in [0.15, 0.2) is 0 Å². The van der Waals surface area contributed by atoms with Crippen molar-refractivity contribution in [2.24, 2.45) is 5.73 Å². The van der Waals surface area contributed by atoms with Crippen molar-refractivity contribution in [1.29, 1.82) is 0 Å². The predicted molar refractivity (Wildman–Crippen MR) is 99.6 cm³/mol. The van der Waals surface area contributed by atoms with Gasteiger partial charge in [-0.1, -0.05) is 0 Å². The van der Waals surface area contributed by atoms with E-state index in [1.165, 1.54) is 11.8 Å². The third kappa shape index (κ3) is 6.41. The zero-order valence-electron chi connectivity index (χ0n) is 14.2. The molecule has 0 spiro atoms. The van der Waals surface area contributed by atoms with Crippen LogP contribution in [0.3, 0.4) is 0 Å². The molecule has 1 unspecified atom stereocenters. The fourth-order valence-electron chi connectivity index (χ4n) is 2.36. The van der Waals surface area contributed by atoms with E-state index >= 15 is 0 Å². The maximum absolute atomic E-state index is 12.3. The van der Waals surface area contributed by atoms with Gasteiger partial charge < -0.3 is 26.6 Å². The summed E-state index contributed by atoms with van der Waals surface area (Å²) < 4.78 is 0. The number of carbonyl (C=O) groups is 5. The number of nitrogens with zero attached hydrogens (tertiary/aromatic N) is 1.